The number of H-pyrrole nitrogens is 1. The average Bonchev–Trinajstić information content (AvgIpc) is 2.91. The zero-order chi connectivity index (χ0) is 17.5. The number of hydrogen-bond acceptors (Lipinski definition) is 5. The molecule has 1 aliphatic heterocycles. The number of fused-ring (bicyclic) bond motifs is 1. The fourth-order valence-corrected chi connectivity index (χ4v) is 3.77. The normalized spacial score (nSPS) is 15.8. The molecule has 0 aliphatic carbocycles. The maximum atomic E-state index is 12.9. The topological polar surface area (TPSA) is 87.9 Å². The maximum Gasteiger partial charge on any atom is 0.238 e. The molecular formula is C17H21N5OS. The van der Waals surface area contributed by atoms with Crippen LogP contribution in [0.2, 0.25) is 0 Å². The minimum Gasteiger partial charge on any atom is -0.368 e. The van der Waals surface area contributed by atoms with Crippen LogP contribution in [0.15, 0.2) is 29.4 Å². The highest BCUT2D eigenvalue weighted by Crippen LogP contribution is 2.39. The lowest BCUT2D eigenvalue weighted by Crippen LogP contribution is -2.49. The Morgan fingerprint density at radius 3 is 2.79 bits per heavy atom. The van der Waals surface area contributed by atoms with Crippen LogP contribution in [0.25, 0.3) is 5.57 Å². The van der Waals surface area contributed by atoms with E-state index in [9.17, 15) is 4.79 Å². The zero-order valence-electron chi connectivity index (χ0n) is 14.3. The van der Waals surface area contributed by atoms with Crippen molar-refractivity contribution in [2.75, 3.05) is 16.4 Å². The van der Waals surface area contributed by atoms with E-state index in [0.717, 1.165) is 11.3 Å². The summed E-state index contributed by atoms with van der Waals surface area (Å²) < 4.78 is 0. The number of benzene rings is 1. The SMILES string of the molecule is CC1=CC(C)(C)N(C(=O)CSc2n[nH]c(N)n2)c2ccc(C)cc21. The summed E-state index contributed by atoms with van der Waals surface area (Å²) in [5, 5.41) is 7.01. The first-order valence-corrected chi connectivity index (χ1v) is 8.71. The molecule has 2 heterocycles. The number of aromatic nitrogens is 3. The Morgan fingerprint density at radius 1 is 1.38 bits per heavy atom. The van der Waals surface area contributed by atoms with Gasteiger partial charge in [0.05, 0.1) is 17.0 Å². The Labute approximate surface area is 145 Å². The van der Waals surface area contributed by atoms with Crippen LogP contribution in [0, 0.1) is 6.92 Å². The van der Waals surface area contributed by atoms with Crippen LogP contribution in [0.5, 0.6) is 0 Å². The fraction of sp³-hybridized carbons (Fsp3) is 0.353. The highest BCUT2D eigenvalue weighted by molar-refractivity contribution is 7.99. The Hall–Kier alpha value is -2.28. The Balaban J connectivity index is 1.89. The van der Waals surface area contributed by atoms with Gasteiger partial charge in [-0.05, 0) is 45.4 Å². The van der Waals surface area contributed by atoms with Crippen LogP contribution in [0.4, 0.5) is 11.6 Å². The van der Waals surface area contributed by atoms with Gasteiger partial charge in [-0.1, -0.05) is 29.5 Å². The summed E-state index contributed by atoms with van der Waals surface area (Å²) in [5.41, 5.74) is 9.56. The Bertz CT molecular complexity index is 824. The molecule has 0 bridgehead atoms. The van der Waals surface area contributed by atoms with Gasteiger partial charge in [0.25, 0.3) is 0 Å². The van der Waals surface area contributed by atoms with E-state index in [1.807, 2.05) is 30.9 Å². The molecule has 3 N–H and O–H groups in total. The molecule has 24 heavy (non-hydrogen) atoms. The summed E-state index contributed by atoms with van der Waals surface area (Å²) >= 11 is 1.28. The van der Waals surface area contributed by atoms with Gasteiger partial charge in [-0.3, -0.25) is 4.79 Å². The van der Waals surface area contributed by atoms with Gasteiger partial charge in [0, 0.05) is 5.56 Å². The quantitative estimate of drug-likeness (QED) is 0.837. The number of nitrogens with zero attached hydrogens (tertiary/aromatic N) is 3. The summed E-state index contributed by atoms with van der Waals surface area (Å²) in [4.78, 5) is 18.8. The summed E-state index contributed by atoms with van der Waals surface area (Å²) in [6, 6.07) is 6.19. The number of rotatable bonds is 3. The molecule has 3 rings (SSSR count). The van der Waals surface area contributed by atoms with Crippen molar-refractivity contribution in [3.05, 3.63) is 35.4 Å². The van der Waals surface area contributed by atoms with E-state index < -0.39 is 0 Å². The molecule has 1 aromatic carbocycles. The first-order valence-electron chi connectivity index (χ1n) is 7.72. The van der Waals surface area contributed by atoms with E-state index in [2.05, 4.69) is 41.2 Å². The van der Waals surface area contributed by atoms with Crippen molar-refractivity contribution >= 4 is 34.9 Å². The number of amides is 1. The van der Waals surface area contributed by atoms with Crippen LogP contribution in [0.1, 0.15) is 31.9 Å². The van der Waals surface area contributed by atoms with Crippen molar-refractivity contribution < 1.29 is 4.79 Å². The molecule has 7 heteroatoms. The second kappa shape index (κ2) is 5.98. The number of thioether (sulfide) groups is 1. The summed E-state index contributed by atoms with van der Waals surface area (Å²) in [5.74, 6) is 0.519. The van der Waals surface area contributed by atoms with Crippen molar-refractivity contribution in [1.82, 2.24) is 15.2 Å². The lowest BCUT2D eigenvalue weighted by molar-refractivity contribution is -0.116. The van der Waals surface area contributed by atoms with E-state index >= 15 is 0 Å². The predicted molar refractivity (Wildman–Crippen MR) is 97.9 cm³/mol. The van der Waals surface area contributed by atoms with E-state index in [-0.39, 0.29) is 23.1 Å². The number of nitrogens with one attached hydrogen (secondary N) is 1. The van der Waals surface area contributed by atoms with Crippen molar-refractivity contribution in [3.8, 4) is 0 Å². The molecule has 0 spiro atoms. The van der Waals surface area contributed by atoms with Crippen LogP contribution >= 0.6 is 11.8 Å². The van der Waals surface area contributed by atoms with E-state index in [1.165, 1.54) is 22.9 Å². The minimum atomic E-state index is -0.387. The number of hydrogen-bond donors (Lipinski definition) is 2. The standard InChI is InChI=1S/C17H21N5OS/c1-10-5-6-13-12(7-10)11(2)8-17(3,4)22(13)14(23)9-24-16-19-15(18)20-21-16/h5-8H,9H2,1-4H3,(H3,18,19,20,21). The fourth-order valence-electron chi connectivity index (χ4n) is 3.11. The Morgan fingerprint density at radius 2 is 2.12 bits per heavy atom. The summed E-state index contributed by atoms with van der Waals surface area (Å²) in [7, 11) is 0. The molecule has 0 radical (unpaired) electrons. The molecular weight excluding hydrogens is 322 g/mol. The lowest BCUT2D eigenvalue weighted by atomic mass is 9.88. The molecule has 0 saturated carbocycles. The van der Waals surface area contributed by atoms with E-state index in [0.29, 0.717) is 5.16 Å². The smallest absolute Gasteiger partial charge is 0.238 e. The van der Waals surface area contributed by atoms with Crippen LogP contribution in [-0.2, 0) is 4.79 Å². The number of aryl methyl sites for hydroxylation is 1. The number of nitrogen functional groups attached to an aromatic ring is 1. The molecule has 2 aromatic rings. The number of carbonyl (C=O) groups is 1. The molecule has 1 amide bonds. The van der Waals surface area contributed by atoms with E-state index in [1.54, 1.807) is 0 Å². The molecule has 1 aliphatic rings. The first-order chi connectivity index (χ1) is 11.3. The monoisotopic (exact) mass is 343 g/mol. The van der Waals surface area contributed by atoms with Gasteiger partial charge in [0.1, 0.15) is 0 Å². The number of aromatic amines is 1. The predicted octanol–water partition coefficient (Wildman–Crippen LogP) is 3.02. The van der Waals surface area contributed by atoms with Crippen molar-refractivity contribution in [3.63, 3.8) is 0 Å². The number of anilines is 2. The third-order valence-electron chi connectivity index (χ3n) is 4.02. The average molecular weight is 343 g/mol. The summed E-state index contributed by atoms with van der Waals surface area (Å²) in [6.07, 6.45) is 2.14. The van der Waals surface area contributed by atoms with Crippen LogP contribution in [-0.4, -0.2) is 32.4 Å². The van der Waals surface area contributed by atoms with Gasteiger partial charge < -0.3 is 10.6 Å². The molecule has 126 valence electrons. The second-order valence-electron chi connectivity index (χ2n) is 6.52. The largest absolute Gasteiger partial charge is 0.368 e. The minimum absolute atomic E-state index is 0.0159. The third-order valence-corrected chi connectivity index (χ3v) is 4.85. The summed E-state index contributed by atoms with van der Waals surface area (Å²) in [6.45, 7) is 8.25. The van der Waals surface area contributed by atoms with Crippen molar-refractivity contribution in [2.45, 2.75) is 38.4 Å². The molecule has 1 aromatic heterocycles. The Kier molecular flexibility index (Phi) is 4.13. The number of nitrogens with two attached hydrogens (primary N) is 1. The zero-order valence-corrected chi connectivity index (χ0v) is 15.1. The maximum absolute atomic E-state index is 12.9. The second-order valence-corrected chi connectivity index (χ2v) is 7.47. The van der Waals surface area contributed by atoms with Crippen LogP contribution in [0.3, 0.4) is 0 Å². The van der Waals surface area contributed by atoms with Gasteiger partial charge in [-0.2, -0.15) is 4.98 Å². The van der Waals surface area contributed by atoms with Gasteiger partial charge in [-0.25, -0.2) is 5.10 Å². The van der Waals surface area contributed by atoms with E-state index in [4.69, 9.17) is 5.73 Å². The van der Waals surface area contributed by atoms with Crippen molar-refractivity contribution in [1.29, 1.82) is 0 Å². The number of carbonyl (C=O) groups excluding carboxylic acids is 1. The molecule has 0 atom stereocenters. The van der Waals surface area contributed by atoms with Crippen LogP contribution < -0.4 is 10.6 Å². The highest BCUT2D eigenvalue weighted by atomic mass is 32.2. The highest BCUT2D eigenvalue weighted by Gasteiger charge is 2.35. The molecule has 0 fully saturated rings. The van der Waals surface area contributed by atoms with Gasteiger partial charge >= 0.3 is 0 Å². The first kappa shape index (κ1) is 16.6. The molecule has 0 unspecified atom stereocenters. The van der Waals surface area contributed by atoms with Gasteiger partial charge in [0.2, 0.25) is 17.0 Å². The van der Waals surface area contributed by atoms with Crippen molar-refractivity contribution in [2.24, 2.45) is 0 Å². The molecule has 0 saturated heterocycles. The molecule has 6 nitrogen and oxygen atoms in total. The number of allylic oxidation sites excluding steroid dienone is 1. The van der Waals surface area contributed by atoms with Gasteiger partial charge in [-0.15, -0.1) is 5.10 Å². The third kappa shape index (κ3) is 3.03. The lowest BCUT2D eigenvalue weighted by Gasteiger charge is -2.41. The van der Waals surface area contributed by atoms with Gasteiger partial charge in [0.15, 0.2) is 0 Å².